The first-order chi connectivity index (χ1) is 15.8. The summed E-state index contributed by atoms with van der Waals surface area (Å²) in [5.41, 5.74) is 1.76. The molecule has 3 aromatic rings. The summed E-state index contributed by atoms with van der Waals surface area (Å²) in [7, 11) is 1.28. The molecule has 0 saturated heterocycles. The first-order valence-corrected chi connectivity index (χ1v) is 11.1. The Labute approximate surface area is 197 Å². The van der Waals surface area contributed by atoms with Crippen LogP contribution >= 0.6 is 22.9 Å². The maximum Gasteiger partial charge on any atom is 0.338 e. The Morgan fingerprint density at radius 3 is 2.48 bits per heavy atom. The van der Waals surface area contributed by atoms with E-state index in [0.717, 1.165) is 0 Å². The summed E-state index contributed by atoms with van der Waals surface area (Å²) < 4.78 is 12.0. The number of allylic oxidation sites excluding steroid dienone is 1. The summed E-state index contributed by atoms with van der Waals surface area (Å²) in [6.45, 7) is 3.02. The summed E-state index contributed by atoms with van der Waals surface area (Å²) in [4.78, 5) is 42.4. The first kappa shape index (κ1) is 22.7. The molecule has 0 bridgehead atoms. The van der Waals surface area contributed by atoms with Gasteiger partial charge in [-0.3, -0.25) is 14.2 Å². The van der Waals surface area contributed by atoms with Gasteiger partial charge < -0.3 is 9.47 Å². The van der Waals surface area contributed by atoms with Crippen LogP contribution < -0.4 is 19.6 Å². The second-order valence-electron chi connectivity index (χ2n) is 7.26. The molecule has 1 aromatic heterocycles. The lowest BCUT2D eigenvalue weighted by molar-refractivity contribution is -0.136. The molecule has 33 heavy (non-hydrogen) atoms. The lowest BCUT2D eigenvalue weighted by Crippen LogP contribution is -2.39. The van der Waals surface area contributed by atoms with E-state index in [1.807, 2.05) is 18.2 Å². The fourth-order valence-electron chi connectivity index (χ4n) is 3.63. The lowest BCUT2D eigenvalue weighted by atomic mass is 9.96. The fourth-order valence-corrected chi connectivity index (χ4v) is 4.85. The van der Waals surface area contributed by atoms with Gasteiger partial charge in [-0.05, 0) is 42.3 Å². The van der Waals surface area contributed by atoms with Crippen LogP contribution in [0, 0.1) is 0 Å². The van der Waals surface area contributed by atoms with Gasteiger partial charge in [0.1, 0.15) is 5.75 Å². The zero-order chi connectivity index (χ0) is 23.7. The van der Waals surface area contributed by atoms with E-state index < -0.39 is 18.0 Å². The van der Waals surface area contributed by atoms with Crippen molar-refractivity contribution in [3.8, 4) is 5.75 Å². The van der Waals surface area contributed by atoms with Crippen LogP contribution in [-0.2, 0) is 14.3 Å². The number of hydrogen-bond acceptors (Lipinski definition) is 7. The predicted molar refractivity (Wildman–Crippen MR) is 125 cm³/mol. The van der Waals surface area contributed by atoms with Crippen molar-refractivity contribution in [2.45, 2.75) is 19.9 Å². The number of benzene rings is 2. The van der Waals surface area contributed by atoms with E-state index in [4.69, 9.17) is 21.1 Å². The number of carbonyl (C=O) groups is 2. The first-order valence-electron chi connectivity index (χ1n) is 9.94. The highest BCUT2D eigenvalue weighted by Crippen LogP contribution is 2.31. The second-order valence-corrected chi connectivity index (χ2v) is 8.67. The van der Waals surface area contributed by atoms with Crippen LogP contribution in [0.3, 0.4) is 0 Å². The maximum atomic E-state index is 13.5. The molecule has 4 rings (SSSR count). The molecule has 0 unspecified atom stereocenters. The van der Waals surface area contributed by atoms with Crippen molar-refractivity contribution in [1.82, 2.24) is 4.57 Å². The van der Waals surface area contributed by atoms with Crippen molar-refractivity contribution in [1.29, 1.82) is 0 Å². The van der Waals surface area contributed by atoms with Crippen LogP contribution in [0.1, 0.15) is 31.0 Å². The quantitative estimate of drug-likeness (QED) is 0.421. The van der Waals surface area contributed by atoms with Crippen molar-refractivity contribution in [3.05, 3.63) is 95.6 Å². The molecule has 7 nitrogen and oxygen atoms in total. The van der Waals surface area contributed by atoms with Crippen LogP contribution in [0.15, 0.2) is 69.6 Å². The van der Waals surface area contributed by atoms with Crippen LogP contribution in [-0.4, -0.2) is 23.6 Å². The number of fused-ring (bicyclic) bond motifs is 1. The molecule has 0 fully saturated rings. The highest BCUT2D eigenvalue weighted by atomic mass is 35.5. The van der Waals surface area contributed by atoms with Gasteiger partial charge in [-0.15, -0.1) is 0 Å². The largest absolute Gasteiger partial charge is 0.466 e. The fraction of sp³-hybridized carbons (Fsp3) is 0.167. The minimum Gasteiger partial charge on any atom is -0.466 e. The van der Waals surface area contributed by atoms with E-state index >= 15 is 0 Å². The highest BCUT2D eigenvalue weighted by molar-refractivity contribution is 7.07. The van der Waals surface area contributed by atoms with Gasteiger partial charge in [0, 0.05) is 11.9 Å². The Bertz CT molecular complexity index is 1470. The molecular formula is C24H19ClN2O5S. The molecule has 2 heterocycles. The van der Waals surface area contributed by atoms with Crippen LogP contribution in [0.4, 0.5) is 0 Å². The molecule has 1 aliphatic rings. The average molecular weight is 483 g/mol. The van der Waals surface area contributed by atoms with Gasteiger partial charge in [-0.1, -0.05) is 53.3 Å². The number of thiazole rings is 1. The van der Waals surface area contributed by atoms with Gasteiger partial charge in [0.15, 0.2) is 4.80 Å². The summed E-state index contributed by atoms with van der Waals surface area (Å²) in [6, 6.07) is 13.1. The van der Waals surface area contributed by atoms with Crippen molar-refractivity contribution < 1.29 is 19.1 Å². The predicted octanol–water partition coefficient (Wildman–Crippen LogP) is 2.99. The third kappa shape index (κ3) is 4.40. The van der Waals surface area contributed by atoms with E-state index in [1.54, 1.807) is 43.3 Å². The zero-order valence-electron chi connectivity index (χ0n) is 18.0. The van der Waals surface area contributed by atoms with Crippen molar-refractivity contribution in [2.24, 2.45) is 4.99 Å². The average Bonchev–Trinajstić information content (AvgIpc) is 3.08. The Morgan fingerprint density at radius 1 is 1.15 bits per heavy atom. The minimum absolute atomic E-state index is 0.259. The Hall–Kier alpha value is -3.49. The van der Waals surface area contributed by atoms with E-state index in [0.29, 0.717) is 36.9 Å². The molecule has 1 aliphatic heterocycles. The number of halogens is 1. The van der Waals surface area contributed by atoms with Gasteiger partial charge >= 0.3 is 11.9 Å². The summed E-state index contributed by atoms with van der Waals surface area (Å²) in [5, 5.41) is 0.521. The SMILES string of the molecule is COC(=O)C1=C(C)N=c2s/c(=C\c3ccccc3Cl)c(=O)n2[C@@H]1c1ccc(OC(C)=O)cc1. The molecule has 0 radical (unpaired) electrons. The molecule has 168 valence electrons. The number of methoxy groups -OCH3 is 1. The second kappa shape index (κ2) is 9.17. The number of carbonyl (C=O) groups excluding carboxylic acids is 2. The Balaban J connectivity index is 1.93. The summed E-state index contributed by atoms with van der Waals surface area (Å²) in [5.74, 6) is -0.662. The topological polar surface area (TPSA) is 87.0 Å². The van der Waals surface area contributed by atoms with Crippen molar-refractivity contribution in [2.75, 3.05) is 7.11 Å². The monoisotopic (exact) mass is 482 g/mol. The number of esters is 2. The van der Waals surface area contributed by atoms with Gasteiger partial charge in [-0.2, -0.15) is 0 Å². The van der Waals surface area contributed by atoms with Gasteiger partial charge in [0.05, 0.1) is 29.0 Å². The zero-order valence-corrected chi connectivity index (χ0v) is 19.6. The Morgan fingerprint density at radius 2 is 1.85 bits per heavy atom. The molecule has 0 N–H and O–H groups in total. The third-order valence-corrected chi connectivity index (χ3v) is 6.40. The molecule has 1 atom stereocenters. The smallest absolute Gasteiger partial charge is 0.338 e. The molecule has 9 heteroatoms. The molecular weight excluding hydrogens is 464 g/mol. The maximum absolute atomic E-state index is 13.5. The van der Waals surface area contributed by atoms with Crippen LogP contribution in [0.2, 0.25) is 5.02 Å². The third-order valence-electron chi connectivity index (χ3n) is 5.08. The summed E-state index contributed by atoms with van der Waals surface area (Å²) >= 11 is 7.49. The van der Waals surface area contributed by atoms with Gasteiger partial charge in [0.25, 0.3) is 5.56 Å². The molecule has 0 amide bonds. The lowest BCUT2D eigenvalue weighted by Gasteiger charge is -2.24. The molecule has 2 aromatic carbocycles. The van der Waals surface area contributed by atoms with Gasteiger partial charge in [0.2, 0.25) is 0 Å². The normalized spacial score (nSPS) is 15.6. The number of nitrogens with zero attached hydrogens (tertiary/aromatic N) is 2. The number of rotatable bonds is 4. The summed E-state index contributed by atoms with van der Waals surface area (Å²) in [6.07, 6.45) is 1.71. The van der Waals surface area contributed by atoms with Crippen molar-refractivity contribution in [3.63, 3.8) is 0 Å². The van der Waals surface area contributed by atoms with E-state index in [2.05, 4.69) is 4.99 Å². The van der Waals surface area contributed by atoms with Gasteiger partial charge in [-0.25, -0.2) is 9.79 Å². The van der Waals surface area contributed by atoms with E-state index in [1.165, 1.54) is 29.9 Å². The molecule has 0 spiro atoms. The van der Waals surface area contributed by atoms with Crippen LogP contribution in [0.25, 0.3) is 6.08 Å². The molecule has 0 saturated carbocycles. The minimum atomic E-state index is -0.756. The highest BCUT2D eigenvalue weighted by Gasteiger charge is 2.33. The van der Waals surface area contributed by atoms with E-state index in [-0.39, 0.29) is 11.1 Å². The van der Waals surface area contributed by atoms with Crippen molar-refractivity contribution >= 4 is 41.0 Å². The number of hydrogen-bond donors (Lipinski definition) is 0. The number of ether oxygens (including phenoxy) is 2. The standard InChI is InChI=1S/C24H19ClN2O5S/c1-13-20(23(30)31-3)21(15-8-10-17(11-9-15)32-14(2)28)27-22(29)19(33-24(27)26-13)12-16-6-4-5-7-18(16)25/h4-12,21H,1-3H3/b19-12-/t21-/m1/s1. The van der Waals surface area contributed by atoms with Crippen LogP contribution in [0.5, 0.6) is 5.75 Å². The van der Waals surface area contributed by atoms with E-state index in [9.17, 15) is 14.4 Å². The Kier molecular flexibility index (Phi) is 6.31. The molecule has 0 aliphatic carbocycles. The number of aromatic nitrogens is 1.